The second-order valence-electron chi connectivity index (χ2n) is 5.72. The Kier molecular flexibility index (Phi) is 4.45. The summed E-state index contributed by atoms with van der Waals surface area (Å²) in [7, 11) is 0. The summed E-state index contributed by atoms with van der Waals surface area (Å²) in [5.41, 5.74) is 2.09. The van der Waals surface area contributed by atoms with Crippen LogP contribution in [0.4, 0.5) is 0 Å². The molecule has 1 fully saturated rings. The maximum absolute atomic E-state index is 11.2. The van der Waals surface area contributed by atoms with Gasteiger partial charge in [0.2, 0.25) is 0 Å². The van der Waals surface area contributed by atoms with Crippen molar-refractivity contribution in [2.24, 2.45) is 5.92 Å². The molecule has 2 heterocycles. The van der Waals surface area contributed by atoms with Crippen molar-refractivity contribution < 1.29 is 19.4 Å². The van der Waals surface area contributed by atoms with Crippen molar-refractivity contribution in [3.8, 4) is 11.5 Å². The quantitative estimate of drug-likeness (QED) is 0.894. The van der Waals surface area contributed by atoms with Gasteiger partial charge in [0.15, 0.2) is 11.5 Å². The van der Waals surface area contributed by atoms with Crippen LogP contribution in [-0.2, 0) is 11.2 Å². The molecule has 2 aliphatic heterocycles. The van der Waals surface area contributed by atoms with Gasteiger partial charge in [0.05, 0.1) is 24.2 Å². The number of aliphatic carboxylic acids is 1. The summed E-state index contributed by atoms with van der Waals surface area (Å²) >= 11 is 6.38. The number of halogens is 1. The Morgan fingerprint density at radius 2 is 2.14 bits per heavy atom. The van der Waals surface area contributed by atoms with Crippen molar-refractivity contribution in [2.45, 2.75) is 32.2 Å². The molecule has 1 saturated heterocycles. The van der Waals surface area contributed by atoms with Crippen LogP contribution in [0.2, 0.25) is 5.02 Å². The highest BCUT2D eigenvalue weighted by Crippen LogP contribution is 2.45. The van der Waals surface area contributed by atoms with Gasteiger partial charge in [-0.1, -0.05) is 18.5 Å². The second kappa shape index (κ2) is 6.34. The fourth-order valence-corrected chi connectivity index (χ4v) is 3.45. The highest BCUT2D eigenvalue weighted by molar-refractivity contribution is 6.32. The van der Waals surface area contributed by atoms with Crippen LogP contribution in [0.25, 0.3) is 0 Å². The molecule has 6 heteroatoms. The minimum atomic E-state index is -0.756. The summed E-state index contributed by atoms with van der Waals surface area (Å²) in [4.78, 5) is 11.2. The van der Waals surface area contributed by atoms with Gasteiger partial charge in [-0.3, -0.25) is 4.79 Å². The lowest BCUT2D eigenvalue weighted by Crippen LogP contribution is -2.18. The van der Waals surface area contributed by atoms with Crippen LogP contribution in [0.15, 0.2) is 6.07 Å². The molecule has 2 aliphatic rings. The first-order valence-electron chi connectivity index (χ1n) is 7.68. The minimum absolute atomic E-state index is 0.00861. The van der Waals surface area contributed by atoms with Crippen LogP contribution >= 0.6 is 11.6 Å². The number of hydrogen-bond acceptors (Lipinski definition) is 4. The normalized spacial score (nSPS) is 24.1. The Morgan fingerprint density at radius 1 is 1.41 bits per heavy atom. The van der Waals surface area contributed by atoms with E-state index in [0.29, 0.717) is 37.0 Å². The van der Waals surface area contributed by atoms with Gasteiger partial charge in [-0.15, -0.1) is 0 Å². The Labute approximate surface area is 134 Å². The first-order chi connectivity index (χ1) is 10.6. The maximum atomic E-state index is 11.2. The number of carbonyl (C=O) groups is 1. The van der Waals surface area contributed by atoms with E-state index >= 15 is 0 Å². The number of carboxylic acids is 1. The summed E-state index contributed by atoms with van der Waals surface area (Å²) in [6.45, 7) is 3.74. The van der Waals surface area contributed by atoms with Crippen LogP contribution in [0, 0.1) is 5.92 Å². The molecule has 2 N–H and O–H groups in total. The van der Waals surface area contributed by atoms with E-state index in [2.05, 4.69) is 12.2 Å². The van der Waals surface area contributed by atoms with Crippen molar-refractivity contribution in [1.29, 1.82) is 0 Å². The number of ether oxygens (including phenoxy) is 2. The largest absolute Gasteiger partial charge is 0.489 e. The highest BCUT2D eigenvalue weighted by Gasteiger charge is 2.33. The Bertz CT molecular complexity index is 590. The van der Waals surface area contributed by atoms with Crippen molar-refractivity contribution in [3.05, 3.63) is 22.2 Å². The summed E-state index contributed by atoms with van der Waals surface area (Å²) in [5, 5.41) is 13.0. The first kappa shape index (κ1) is 15.4. The lowest BCUT2D eigenvalue weighted by atomic mass is 9.93. The molecular formula is C16H20ClNO4. The number of hydrogen-bond donors (Lipinski definition) is 2. The Morgan fingerprint density at radius 3 is 2.77 bits per heavy atom. The van der Waals surface area contributed by atoms with Crippen molar-refractivity contribution >= 4 is 17.6 Å². The van der Waals surface area contributed by atoms with Crippen LogP contribution < -0.4 is 14.8 Å². The monoisotopic (exact) mass is 325 g/mol. The fraction of sp³-hybridized carbons (Fsp3) is 0.562. The molecule has 120 valence electrons. The summed E-state index contributed by atoms with van der Waals surface area (Å²) < 4.78 is 11.6. The molecule has 0 bridgehead atoms. The number of rotatable bonds is 3. The van der Waals surface area contributed by atoms with E-state index in [-0.39, 0.29) is 12.0 Å². The molecule has 2 atom stereocenters. The van der Waals surface area contributed by atoms with E-state index in [9.17, 15) is 9.90 Å². The standard InChI is InChI=1S/C16H20ClNO4/c1-2-10-11(13-6-9(8-18-13)16(19)20)7-12(17)15-14(10)21-4-3-5-22-15/h7,9,13,18H,2-6,8H2,1H3,(H,19,20). The lowest BCUT2D eigenvalue weighted by molar-refractivity contribution is -0.141. The summed E-state index contributed by atoms with van der Waals surface area (Å²) in [6, 6.07) is 1.89. The zero-order valence-corrected chi connectivity index (χ0v) is 13.3. The van der Waals surface area contributed by atoms with Gasteiger partial charge in [-0.2, -0.15) is 0 Å². The van der Waals surface area contributed by atoms with Crippen LogP contribution in [0.1, 0.15) is 36.9 Å². The predicted octanol–water partition coefficient (Wildman–Crippen LogP) is 2.80. The molecule has 0 saturated carbocycles. The molecule has 22 heavy (non-hydrogen) atoms. The van der Waals surface area contributed by atoms with Crippen molar-refractivity contribution in [3.63, 3.8) is 0 Å². The lowest BCUT2D eigenvalue weighted by Gasteiger charge is -2.21. The Hall–Kier alpha value is -1.46. The SMILES string of the molecule is CCc1c(C2CC(C(=O)O)CN2)cc(Cl)c2c1OCCCO2. The number of benzene rings is 1. The van der Waals surface area contributed by atoms with Gasteiger partial charge in [0, 0.05) is 24.6 Å². The van der Waals surface area contributed by atoms with E-state index in [1.807, 2.05) is 6.07 Å². The second-order valence-corrected chi connectivity index (χ2v) is 6.13. The van der Waals surface area contributed by atoms with E-state index in [1.54, 1.807) is 0 Å². The molecule has 2 unspecified atom stereocenters. The molecule has 1 aromatic rings. The number of nitrogens with one attached hydrogen (secondary N) is 1. The maximum Gasteiger partial charge on any atom is 0.307 e. The third-order valence-electron chi connectivity index (χ3n) is 4.32. The zero-order chi connectivity index (χ0) is 15.7. The molecule has 5 nitrogen and oxygen atoms in total. The first-order valence-corrected chi connectivity index (χ1v) is 8.06. The number of fused-ring (bicyclic) bond motifs is 1. The van der Waals surface area contributed by atoms with Gasteiger partial charge < -0.3 is 19.9 Å². The smallest absolute Gasteiger partial charge is 0.307 e. The molecule has 3 rings (SSSR count). The molecule has 0 radical (unpaired) electrons. The third kappa shape index (κ3) is 2.75. The van der Waals surface area contributed by atoms with Crippen LogP contribution in [0.5, 0.6) is 11.5 Å². The van der Waals surface area contributed by atoms with Gasteiger partial charge in [0.25, 0.3) is 0 Å². The van der Waals surface area contributed by atoms with E-state index in [4.69, 9.17) is 21.1 Å². The summed E-state index contributed by atoms with van der Waals surface area (Å²) in [6.07, 6.45) is 2.18. The van der Waals surface area contributed by atoms with Gasteiger partial charge in [-0.05, 0) is 24.5 Å². The van der Waals surface area contributed by atoms with Crippen molar-refractivity contribution in [1.82, 2.24) is 5.32 Å². The molecular weight excluding hydrogens is 306 g/mol. The predicted molar refractivity (Wildman–Crippen MR) is 82.9 cm³/mol. The highest BCUT2D eigenvalue weighted by atomic mass is 35.5. The average Bonchev–Trinajstić information content (AvgIpc) is 2.86. The minimum Gasteiger partial charge on any atom is -0.489 e. The van der Waals surface area contributed by atoms with E-state index < -0.39 is 5.97 Å². The topological polar surface area (TPSA) is 67.8 Å². The van der Waals surface area contributed by atoms with Gasteiger partial charge in [0.1, 0.15) is 0 Å². The molecule has 1 aromatic carbocycles. The third-order valence-corrected chi connectivity index (χ3v) is 4.60. The zero-order valence-electron chi connectivity index (χ0n) is 12.5. The number of carboxylic acid groups (broad SMARTS) is 1. The van der Waals surface area contributed by atoms with Gasteiger partial charge >= 0.3 is 5.97 Å². The van der Waals surface area contributed by atoms with Gasteiger partial charge in [-0.25, -0.2) is 0 Å². The van der Waals surface area contributed by atoms with Crippen molar-refractivity contribution in [2.75, 3.05) is 19.8 Å². The molecule has 0 spiro atoms. The molecule has 0 aliphatic carbocycles. The van der Waals surface area contributed by atoms with E-state index in [0.717, 1.165) is 29.7 Å². The van der Waals surface area contributed by atoms with Crippen LogP contribution in [0.3, 0.4) is 0 Å². The average molecular weight is 326 g/mol. The summed E-state index contributed by atoms with van der Waals surface area (Å²) in [5.74, 6) is 0.230. The molecule has 0 aromatic heterocycles. The van der Waals surface area contributed by atoms with E-state index in [1.165, 1.54) is 0 Å². The molecule has 0 amide bonds. The Balaban J connectivity index is 2.00. The van der Waals surface area contributed by atoms with Crippen LogP contribution in [-0.4, -0.2) is 30.8 Å². The fourth-order valence-electron chi connectivity index (χ4n) is 3.20.